The molecule has 14 heteroatoms. The highest BCUT2D eigenvalue weighted by Crippen LogP contribution is 2.30. The number of ether oxygens (including phenoxy) is 4. The first-order valence-electron chi connectivity index (χ1n) is 30.7. The zero-order valence-electron chi connectivity index (χ0n) is 47.3. The molecule has 0 aromatic carbocycles. The van der Waals surface area contributed by atoms with Gasteiger partial charge in [0.1, 0.15) is 48.8 Å². The van der Waals surface area contributed by atoms with E-state index >= 15 is 0 Å². The SMILES string of the molecule is CCCCCCC/C=C\C/C=C\C/C=C\CCCCCCCCCCCCCCCCCCC(=O)NC(COC1OC(CO)C(OC2OC(CO)C(O)C(O)C2O)C(O)C1O)C(O)CCCCCCCCCCCC. The summed E-state index contributed by atoms with van der Waals surface area (Å²) in [5, 5.41) is 87.0. The number of aliphatic hydroxyl groups excluding tert-OH is 8. The van der Waals surface area contributed by atoms with E-state index < -0.39 is 86.8 Å². The molecule has 0 aromatic rings. The third-order valence-electron chi connectivity index (χ3n) is 15.1. The Morgan fingerprint density at radius 2 is 0.880 bits per heavy atom. The fourth-order valence-corrected chi connectivity index (χ4v) is 10.1. The highest BCUT2D eigenvalue weighted by molar-refractivity contribution is 5.76. The van der Waals surface area contributed by atoms with Crippen molar-refractivity contribution in [2.45, 2.75) is 325 Å². The first kappa shape index (κ1) is 69.3. The second-order valence-electron chi connectivity index (χ2n) is 21.8. The van der Waals surface area contributed by atoms with Gasteiger partial charge in [0.25, 0.3) is 0 Å². The van der Waals surface area contributed by atoms with Gasteiger partial charge in [0.2, 0.25) is 5.91 Å². The van der Waals surface area contributed by atoms with E-state index in [1.54, 1.807) is 0 Å². The molecule has 9 N–H and O–H groups in total. The predicted molar refractivity (Wildman–Crippen MR) is 300 cm³/mol. The summed E-state index contributed by atoms with van der Waals surface area (Å²) < 4.78 is 22.8. The number of rotatable bonds is 49. The van der Waals surface area contributed by atoms with Crippen molar-refractivity contribution in [3.63, 3.8) is 0 Å². The van der Waals surface area contributed by atoms with Crippen LogP contribution in [0.4, 0.5) is 0 Å². The van der Waals surface area contributed by atoms with Crippen LogP contribution in [0.3, 0.4) is 0 Å². The van der Waals surface area contributed by atoms with Gasteiger partial charge >= 0.3 is 0 Å². The zero-order chi connectivity index (χ0) is 54.6. The Morgan fingerprint density at radius 3 is 1.35 bits per heavy atom. The summed E-state index contributed by atoms with van der Waals surface area (Å²) in [6.07, 6.45) is 40.3. The van der Waals surface area contributed by atoms with Crippen LogP contribution in [0.1, 0.15) is 251 Å². The summed E-state index contributed by atoms with van der Waals surface area (Å²) >= 11 is 0. The van der Waals surface area contributed by atoms with Crippen LogP contribution in [0.2, 0.25) is 0 Å². The maximum atomic E-state index is 13.2. The average Bonchev–Trinajstić information content (AvgIpc) is 3.41. The van der Waals surface area contributed by atoms with Crippen LogP contribution < -0.4 is 5.32 Å². The van der Waals surface area contributed by atoms with Crippen molar-refractivity contribution in [1.29, 1.82) is 0 Å². The van der Waals surface area contributed by atoms with Crippen LogP contribution in [0.25, 0.3) is 0 Å². The number of amides is 1. The van der Waals surface area contributed by atoms with Gasteiger partial charge in [0, 0.05) is 6.42 Å². The molecule has 0 radical (unpaired) electrons. The van der Waals surface area contributed by atoms with Crippen molar-refractivity contribution in [3.8, 4) is 0 Å². The van der Waals surface area contributed by atoms with Crippen LogP contribution in [0.5, 0.6) is 0 Å². The Kier molecular flexibility index (Phi) is 43.5. The summed E-state index contributed by atoms with van der Waals surface area (Å²) in [5.41, 5.74) is 0. The molecule has 12 unspecified atom stereocenters. The van der Waals surface area contributed by atoms with Crippen LogP contribution in [-0.4, -0.2) is 140 Å². The van der Waals surface area contributed by atoms with Crippen LogP contribution in [-0.2, 0) is 23.7 Å². The van der Waals surface area contributed by atoms with Gasteiger partial charge in [-0.15, -0.1) is 0 Å². The molecular formula is C61H113NO13. The fourth-order valence-electron chi connectivity index (χ4n) is 10.1. The zero-order valence-corrected chi connectivity index (χ0v) is 47.3. The van der Waals surface area contributed by atoms with Crippen LogP contribution >= 0.6 is 0 Å². The topological polar surface area (TPSA) is 228 Å². The number of nitrogens with one attached hydrogen (secondary N) is 1. The maximum Gasteiger partial charge on any atom is 0.220 e. The highest BCUT2D eigenvalue weighted by atomic mass is 16.7. The van der Waals surface area contributed by atoms with E-state index in [1.165, 1.54) is 161 Å². The molecule has 440 valence electrons. The number of hydrogen-bond donors (Lipinski definition) is 9. The van der Waals surface area contributed by atoms with Gasteiger partial charge in [-0.25, -0.2) is 0 Å². The van der Waals surface area contributed by atoms with Crippen molar-refractivity contribution in [2.75, 3.05) is 19.8 Å². The largest absolute Gasteiger partial charge is 0.394 e. The Labute approximate surface area is 455 Å². The normalized spacial score (nSPS) is 25.3. The molecule has 14 nitrogen and oxygen atoms in total. The molecule has 0 saturated carbocycles. The lowest BCUT2D eigenvalue weighted by atomic mass is 9.97. The summed E-state index contributed by atoms with van der Waals surface area (Å²) in [6, 6.07) is -0.826. The number of unbranched alkanes of at least 4 members (excludes halogenated alkanes) is 30. The highest BCUT2D eigenvalue weighted by Gasteiger charge is 2.51. The maximum absolute atomic E-state index is 13.2. The lowest BCUT2D eigenvalue weighted by Crippen LogP contribution is -2.65. The second-order valence-corrected chi connectivity index (χ2v) is 21.8. The van der Waals surface area contributed by atoms with E-state index in [1.807, 2.05) is 0 Å². The fraction of sp³-hybridized carbons (Fsp3) is 0.885. The van der Waals surface area contributed by atoms with Crippen LogP contribution in [0.15, 0.2) is 36.5 Å². The van der Waals surface area contributed by atoms with E-state index in [0.717, 1.165) is 64.2 Å². The van der Waals surface area contributed by atoms with Crippen molar-refractivity contribution in [1.82, 2.24) is 5.32 Å². The number of carbonyl (C=O) groups excluding carboxylic acids is 1. The molecule has 2 heterocycles. The minimum atomic E-state index is -1.78. The number of allylic oxidation sites excluding steroid dienone is 6. The molecule has 1 amide bonds. The van der Waals surface area contributed by atoms with E-state index in [0.29, 0.717) is 12.8 Å². The first-order chi connectivity index (χ1) is 36.6. The summed E-state index contributed by atoms with van der Waals surface area (Å²) in [6.45, 7) is 2.83. The predicted octanol–water partition coefficient (Wildman–Crippen LogP) is 10.6. The van der Waals surface area contributed by atoms with Gasteiger partial charge in [-0.3, -0.25) is 4.79 Å². The summed E-state index contributed by atoms with van der Waals surface area (Å²) in [7, 11) is 0. The van der Waals surface area contributed by atoms with Gasteiger partial charge in [-0.2, -0.15) is 0 Å². The van der Waals surface area contributed by atoms with Crippen molar-refractivity contribution < 1.29 is 64.6 Å². The second kappa shape index (κ2) is 47.1. The standard InChI is InChI=1S/C61H113NO13/c1-3-5-7-9-11-13-15-16-17-18-19-20-21-22-23-24-25-26-27-28-29-30-31-32-33-34-35-37-39-41-43-45-53(66)62-49(50(65)44-42-40-38-36-14-12-10-8-6-4-2)48-72-60-58(71)56(69)59(52(47-64)74-60)75-61-57(70)55(68)54(67)51(46-63)73-61/h15-16,18-19,21-22,49-52,54-61,63-65,67-71H,3-14,17,20,23-48H2,1-2H3,(H,62,66)/b16-15-,19-18-,22-21-. The van der Waals surface area contributed by atoms with Gasteiger partial charge in [0.15, 0.2) is 12.6 Å². The number of aliphatic hydroxyl groups is 8. The average molecular weight is 1070 g/mol. The summed E-state index contributed by atoms with van der Waals surface area (Å²) in [5.74, 6) is -0.207. The third-order valence-corrected chi connectivity index (χ3v) is 15.1. The van der Waals surface area contributed by atoms with E-state index in [2.05, 4.69) is 55.6 Å². The van der Waals surface area contributed by atoms with Crippen LogP contribution in [0, 0.1) is 0 Å². The minimum Gasteiger partial charge on any atom is -0.394 e. The first-order valence-corrected chi connectivity index (χ1v) is 30.7. The molecule has 2 saturated heterocycles. The molecule has 2 aliphatic heterocycles. The molecule has 2 fully saturated rings. The van der Waals surface area contributed by atoms with Crippen molar-refractivity contribution in [3.05, 3.63) is 36.5 Å². The third kappa shape index (κ3) is 32.8. The lowest BCUT2D eigenvalue weighted by Gasteiger charge is -2.46. The van der Waals surface area contributed by atoms with Crippen molar-refractivity contribution in [2.24, 2.45) is 0 Å². The molecule has 0 aromatic heterocycles. The Bertz CT molecular complexity index is 1400. The Balaban J connectivity index is 1.62. The molecular weight excluding hydrogens is 955 g/mol. The van der Waals surface area contributed by atoms with E-state index in [-0.39, 0.29) is 12.5 Å². The molecule has 0 bridgehead atoms. The van der Waals surface area contributed by atoms with Gasteiger partial charge in [0.05, 0.1) is 32.0 Å². The number of hydrogen-bond acceptors (Lipinski definition) is 13. The molecule has 0 spiro atoms. The molecule has 0 aliphatic carbocycles. The molecule has 2 rings (SSSR count). The minimum absolute atomic E-state index is 0.207. The lowest BCUT2D eigenvalue weighted by molar-refractivity contribution is -0.359. The quantitative estimate of drug-likeness (QED) is 0.0204. The molecule has 2 aliphatic rings. The smallest absolute Gasteiger partial charge is 0.220 e. The monoisotopic (exact) mass is 1070 g/mol. The Hall–Kier alpha value is -1.79. The Morgan fingerprint density at radius 1 is 0.480 bits per heavy atom. The van der Waals surface area contributed by atoms with E-state index in [9.17, 15) is 45.6 Å². The molecule has 12 atom stereocenters. The summed E-state index contributed by atoms with van der Waals surface area (Å²) in [4.78, 5) is 13.2. The van der Waals surface area contributed by atoms with E-state index in [4.69, 9.17) is 18.9 Å². The van der Waals surface area contributed by atoms with Gasteiger partial charge in [-0.1, -0.05) is 230 Å². The molecule has 75 heavy (non-hydrogen) atoms. The number of carbonyl (C=O) groups is 1. The van der Waals surface area contributed by atoms with Gasteiger partial charge < -0.3 is 65.1 Å². The van der Waals surface area contributed by atoms with Gasteiger partial charge in [-0.05, 0) is 51.4 Å². The van der Waals surface area contributed by atoms with Crippen molar-refractivity contribution >= 4 is 5.91 Å².